The molecule has 2 aromatic heterocycles. The standard InChI is InChI=1S/C20H15N5O4/c1-11-18-13(12-6-2-4-8-15(12)25(27)28)10-17(26)22-19(18)24(23-11)20-21-14-7-3-5-9-16(14)29-20/h2-9,13H,10H2,1H3,(H,22,26)/t13-/m0/s1. The van der Waals surface area contributed by atoms with Gasteiger partial charge in [0.1, 0.15) is 11.3 Å². The molecule has 0 radical (unpaired) electrons. The van der Waals surface area contributed by atoms with Crippen LogP contribution in [0.4, 0.5) is 11.5 Å². The summed E-state index contributed by atoms with van der Waals surface area (Å²) in [5.41, 5.74) is 3.09. The Morgan fingerprint density at radius 2 is 1.97 bits per heavy atom. The normalized spacial score (nSPS) is 15.9. The van der Waals surface area contributed by atoms with E-state index in [1.165, 1.54) is 10.7 Å². The van der Waals surface area contributed by atoms with Crippen LogP contribution in [-0.2, 0) is 4.79 Å². The minimum absolute atomic E-state index is 0.0211. The molecule has 144 valence electrons. The van der Waals surface area contributed by atoms with Crippen molar-refractivity contribution in [1.29, 1.82) is 0 Å². The Morgan fingerprint density at radius 1 is 1.21 bits per heavy atom. The molecule has 0 spiro atoms. The third kappa shape index (κ3) is 2.66. The quantitative estimate of drug-likeness (QED) is 0.422. The fourth-order valence-electron chi connectivity index (χ4n) is 3.85. The van der Waals surface area contributed by atoms with Gasteiger partial charge in [0.05, 0.1) is 10.6 Å². The van der Waals surface area contributed by atoms with E-state index in [1.807, 2.05) is 18.2 Å². The summed E-state index contributed by atoms with van der Waals surface area (Å²) in [4.78, 5) is 28.0. The number of para-hydroxylation sites is 3. The van der Waals surface area contributed by atoms with Gasteiger partial charge in [-0.3, -0.25) is 14.9 Å². The number of nitro benzene ring substituents is 1. The summed E-state index contributed by atoms with van der Waals surface area (Å²) in [7, 11) is 0. The van der Waals surface area contributed by atoms with Crippen molar-refractivity contribution < 1.29 is 14.1 Å². The Balaban J connectivity index is 1.70. The molecule has 9 nitrogen and oxygen atoms in total. The molecule has 1 aliphatic heterocycles. The molecule has 1 atom stereocenters. The number of nitrogens with one attached hydrogen (secondary N) is 1. The second-order valence-corrected chi connectivity index (χ2v) is 6.84. The number of anilines is 1. The molecule has 9 heteroatoms. The number of carbonyl (C=O) groups excluding carboxylic acids is 1. The van der Waals surface area contributed by atoms with Gasteiger partial charge in [0.15, 0.2) is 5.58 Å². The van der Waals surface area contributed by atoms with Gasteiger partial charge in [-0.25, -0.2) is 0 Å². The lowest BCUT2D eigenvalue weighted by Gasteiger charge is -2.23. The largest absolute Gasteiger partial charge is 0.422 e. The zero-order valence-electron chi connectivity index (χ0n) is 15.3. The van der Waals surface area contributed by atoms with Gasteiger partial charge >= 0.3 is 6.01 Å². The van der Waals surface area contributed by atoms with Crippen molar-refractivity contribution >= 4 is 28.5 Å². The predicted octanol–water partition coefficient (Wildman–Crippen LogP) is 3.70. The van der Waals surface area contributed by atoms with E-state index >= 15 is 0 Å². The first-order valence-corrected chi connectivity index (χ1v) is 9.01. The molecule has 29 heavy (non-hydrogen) atoms. The van der Waals surface area contributed by atoms with E-state index in [-0.39, 0.29) is 24.0 Å². The molecule has 1 N–H and O–H groups in total. The van der Waals surface area contributed by atoms with Crippen LogP contribution in [0.25, 0.3) is 17.1 Å². The number of rotatable bonds is 3. The van der Waals surface area contributed by atoms with E-state index in [0.29, 0.717) is 28.2 Å². The van der Waals surface area contributed by atoms with Crippen LogP contribution in [0, 0.1) is 17.0 Å². The van der Waals surface area contributed by atoms with Crippen molar-refractivity contribution in [3.05, 3.63) is 75.5 Å². The maximum atomic E-state index is 12.5. The van der Waals surface area contributed by atoms with Gasteiger partial charge in [-0.05, 0) is 19.1 Å². The van der Waals surface area contributed by atoms with Crippen molar-refractivity contribution in [3.8, 4) is 6.01 Å². The van der Waals surface area contributed by atoms with E-state index in [2.05, 4.69) is 15.4 Å². The van der Waals surface area contributed by atoms with Crippen molar-refractivity contribution in [1.82, 2.24) is 14.8 Å². The summed E-state index contributed by atoms with van der Waals surface area (Å²) in [5, 5.41) is 18.9. The third-order valence-electron chi connectivity index (χ3n) is 5.08. The van der Waals surface area contributed by atoms with Gasteiger partial charge in [0.25, 0.3) is 5.69 Å². The number of nitrogens with zero attached hydrogens (tertiary/aromatic N) is 4. The maximum Gasteiger partial charge on any atom is 0.325 e. The lowest BCUT2D eigenvalue weighted by atomic mass is 9.85. The SMILES string of the molecule is Cc1nn(-c2nc3ccccc3o2)c2c1[C@H](c1ccccc1[N+](=O)[O-])CC(=O)N2. The molecule has 0 bridgehead atoms. The highest BCUT2D eigenvalue weighted by Crippen LogP contribution is 2.42. The monoisotopic (exact) mass is 389 g/mol. The Bertz CT molecular complexity index is 1260. The predicted molar refractivity (Wildman–Crippen MR) is 104 cm³/mol. The van der Waals surface area contributed by atoms with E-state index in [9.17, 15) is 14.9 Å². The molecule has 0 fully saturated rings. The van der Waals surface area contributed by atoms with Gasteiger partial charge in [-0.15, -0.1) is 0 Å². The fourth-order valence-corrected chi connectivity index (χ4v) is 3.85. The second kappa shape index (κ2) is 6.26. The molecule has 2 aromatic carbocycles. The topological polar surface area (TPSA) is 116 Å². The lowest BCUT2D eigenvalue weighted by Crippen LogP contribution is -2.25. The molecule has 0 saturated carbocycles. The van der Waals surface area contributed by atoms with Crippen molar-refractivity contribution in [2.45, 2.75) is 19.3 Å². The number of carbonyl (C=O) groups is 1. The van der Waals surface area contributed by atoms with Crippen molar-refractivity contribution in [2.75, 3.05) is 5.32 Å². The van der Waals surface area contributed by atoms with Crippen molar-refractivity contribution in [3.63, 3.8) is 0 Å². The molecule has 3 heterocycles. The van der Waals surface area contributed by atoms with E-state index < -0.39 is 10.8 Å². The molecule has 1 amide bonds. The molecular formula is C20H15N5O4. The van der Waals surface area contributed by atoms with Crippen LogP contribution in [0.15, 0.2) is 52.9 Å². The number of amides is 1. The lowest BCUT2D eigenvalue weighted by molar-refractivity contribution is -0.385. The Morgan fingerprint density at radius 3 is 2.76 bits per heavy atom. The van der Waals surface area contributed by atoms with Crippen LogP contribution in [0.5, 0.6) is 0 Å². The molecule has 0 unspecified atom stereocenters. The first kappa shape index (κ1) is 17.1. The first-order valence-electron chi connectivity index (χ1n) is 9.01. The Kier molecular flexibility index (Phi) is 3.70. The number of benzene rings is 2. The van der Waals surface area contributed by atoms with Gasteiger partial charge in [-0.1, -0.05) is 30.3 Å². The van der Waals surface area contributed by atoms with Crippen LogP contribution >= 0.6 is 0 Å². The number of fused-ring (bicyclic) bond motifs is 2. The minimum atomic E-state index is -0.488. The molecule has 0 aliphatic carbocycles. The van der Waals surface area contributed by atoms with Crippen LogP contribution in [0.1, 0.15) is 29.2 Å². The van der Waals surface area contributed by atoms with Crippen LogP contribution in [0.2, 0.25) is 0 Å². The maximum absolute atomic E-state index is 12.5. The summed E-state index contributed by atoms with van der Waals surface area (Å²) in [6.45, 7) is 1.80. The highest BCUT2D eigenvalue weighted by atomic mass is 16.6. The van der Waals surface area contributed by atoms with Crippen LogP contribution in [-0.4, -0.2) is 25.6 Å². The highest BCUT2D eigenvalue weighted by Gasteiger charge is 2.36. The number of aromatic nitrogens is 3. The Hall–Kier alpha value is -4.01. The number of nitro groups is 1. The first-order chi connectivity index (χ1) is 14.0. The van der Waals surface area contributed by atoms with E-state index in [0.717, 1.165) is 5.56 Å². The number of hydrogen-bond acceptors (Lipinski definition) is 6. The number of hydrogen-bond donors (Lipinski definition) is 1. The molecule has 0 saturated heterocycles. The third-order valence-corrected chi connectivity index (χ3v) is 5.08. The summed E-state index contributed by atoms with van der Waals surface area (Å²) < 4.78 is 7.25. The minimum Gasteiger partial charge on any atom is -0.422 e. The molecule has 5 rings (SSSR count). The van der Waals surface area contributed by atoms with Gasteiger partial charge in [0, 0.05) is 29.5 Å². The zero-order valence-corrected chi connectivity index (χ0v) is 15.3. The average Bonchev–Trinajstić information content (AvgIpc) is 3.28. The smallest absolute Gasteiger partial charge is 0.325 e. The van der Waals surface area contributed by atoms with Gasteiger partial charge in [-0.2, -0.15) is 14.8 Å². The van der Waals surface area contributed by atoms with Crippen LogP contribution in [0.3, 0.4) is 0 Å². The summed E-state index contributed by atoms with van der Waals surface area (Å²) >= 11 is 0. The summed E-state index contributed by atoms with van der Waals surface area (Å²) in [6.07, 6.45) is 0.0952. The number of oxazole rings is 1. The van der Waals surface area contributed by atoms with Gasteiger partial charge < -0.3 is 9.73 Å². The van der Waals surface area contributed by atoms with Gasteiger partial charge in [0.2, 0.25) is 5.91 Å². The van der Waals surface area contributed by atoms with Crippen LogP contribution < -0.4 is 5.32 Å². The molecule has 4 aromatic rings. The highest BCUT2D eigenvalue weighted by molar-refractivity contribution is 5.95. The van der Waals surface area contributed by atoms with Crippen molar-refractivity contribution in [2.24, 2.45) is 0 Å². The Labute approximate surface area is 164 Å². The zero-order chi connectivity index (χ0) is 20.1. The fraction of sp³-hybridized carbons (Fsp3) is 0.150. The molecular weight excluding hydrogens is 374 g/mol. The van der Waals surface area contributed by atoms with E-state index in [1.54, 1.807) is 31.2 Å². The van der Waals surface area contributed by atoms with E-state index in [4.69, 9.17) is 4.42 Å². The average molecular weight is 389 g/mol. The summed E-state index contributed by atoms with van der Waals surface area (Å²) in [5.74, 6) is -0.315. The number of aryl methyl sites for hydroxylation is 1. The second-order valence-electron chi connectivity index (χ2n) is 6.84. The molecule has 1 aliphatic rings. The summed E-state index contributed by atoms with van der Waals surface area (Å²) in [6, 6.07) is 14.0.